The largest absolute Gasteiger partial charge is 0.324 e. The summed E-state index contributed by atoms with van der Waals surface area (Å²) in [5.41, 5.74) is 1.47. The molecule has 3 rings (SSSR count). The lowest BCUT2D eigenvalue weighted by Crippen LogP contribution is -2.23. The third-order valence-electron chi connectivity index (χ3n) is 3.35. The van der Waals surface area contributed by atoms with Crippen LogP contribution >= 0.6 is 11.6 Å². The molecule has 0 atom stereocenters. The highest BCUT2D eigenvalue weighted by Crippen LogP contribution is 2.24. The van der Waals surface area contributed by atoms with Gasteiger partial charge in [0.05, 0.1) is 11.4 Å². The first-order valence-corrected chi connectivity index (χ1v) is 7.43. The molecule has 110 valence electrons. The van der Waals surface area contributed by atoms with Crippen molar-refractivity contribution in [3.63, 3.8) is 0 Å². The lowest BCUT2D eigenvalue weighted by atomic mass is 10.2. The number of anilines is 1. The van der Waals surface area contributed by atoms with Crippen molar-refractivity contribution in [1.29, 1.82) is 0 Å². The number of carbonyl (C=O) groups is 1. The lowest BCUT2D eigenvalue weighted by molar-refractivity contribution is -0.116. The number of carbonyl (C=O) groups excluding carboxylic acids is 1. The highest BCUT2D eigenvalue weighted by molar-refractivity contribution is 6.31. The summed E-state index contributed by atoms with van der Waals surface area (Å²) in [5.74, 6) is -0.0289. The van der Waals surface area contributed by atoms with Crippen LogP contribution in [0.25, 0.3) is 5.69 Å². The van der Waals surface area contributed by atoms with E-state index < -0.39 is 0 Å². The number of nitrogens with zero attached hydrogens (tertiary/aromatic N) is 2. The summed E-state index contributed by atoms with van der Waals surface area (Å²) in [6.07, 6.45) is 6.41. The van der Waals surface area contributed by atoms with Gasteiger partial charge in [0, 0.05) is 36.4 Å². The predicted molar refractivity (Wildman–Crippen MR) is 82.8 cm³/mol. The average Bonchev–Trinajstić information content (AvgIpc) is 3.11. The van der Waals surface area contributed by atoms with Gasteiger partial charge < -0.3 is 10.6 Å². The Morgan fingerprint density at radius 2 is 2.29 bits per heavy atom. The van der Waals surface area contributed by atoms with Crippen LogP contribution in [-0.4, -0.2) is 28.3 Å². The van der Waals surface area contributed by atoms with E-state index in [1.165, 1.54) is 12.8 Å². The normalized spacial score (nSPS) is 14.1. The number of aromatic nitrogens is 2. The summed E-state index contributed by atoms with van der Waals surface area (Å²) in [5, 5.41) is 11.0. The summed E-state index contributed by atoms with van der Waals surface area (Å²) in [7, 11) is 0. The summed E-state index contributed by atoms with van der Waals surface area (Å²) < 4.78 is 1.70. The van der Waals surface area contributed by atoms with E-state index in [4.69, 9.17) is 11.6 Å². The molecule has 1 amide bonds. The van der Waals surface area contributed by atoms with E-state index in [2.05, 4.69) is 15.7 Å². The second-order valence-corrected chi connectivity index (χ2v) is 5.58. The summed E-state index contributed by atoms with van der Waals surface area (Å²) >= 11 is 6.02. The lowest BCUT2D eigenvalue weighted by Gasteiger charge is -2.12. The zero-order valence-electron chi connectivity index (χ0n) is 11.6. The molecule has 0 saturated heterocycles. The molecular formula is C15H17ClN4O. The number of nitrogens with one attached hydrogen (secondary N) is 2. The molecule has 1 aromatic heterocycles. The summed E-state index contributed by atoms with van der Waals surface area (Å²) in [6, 6.07) is 7.81. The molecular weight excluding hydrogens is 288 g/mol. The second kappa shape index (κ2) is 6.28. The third-order valence-corrected chi connectivity index (χ3v) is 3.58. The van der Waals surface area contributed by atoms with Crippen molar-refractivity contribution in [2.24, 2.45) is 0 Å². The smallest absolute Gasteiger partial charge is 0.225 e. The molecule has 1 saturated carbocycles. The maximum Gasteiger partial charge on any atom is 0.225 e. The quantitative estimate of drug-likeness (QED) is 0.862. The SMILES string of the molecule is O=C(CCNC1CC1)Nc1cc(Cl)ccc1-n1cccn1. The van der Waals surface area contributed by atoms with Gasteiger partial charge in [0.25, 0.3) is 0 Å². The van der Waals surface area contributed by atoms with E-state index in [9.17, 15) is 4.79 Å². The number of benzene rings is 1. The van der Waals surface area contributed by atoms with Crippen LogP contribution in [0.4, 0.5) is 5.69 Å². The van der Waals surface area contributed by atoms with Crippen LogP contribution in [0.3, 0.4) is 0 Å². The zero-order chi connectivity index (χ0) is 14.7. The van der Waals surface area contributed by atoms with E-state index in [1.54, 1.807) is 23.0 Å². The maximum atomic E-state index is 12.0. The van der Waals surface area contributed by atoms with Crippen molar-refractivity contribution in [2.45, 2.75) is 25.3 Å². The van der Waals surface area contributed by atoms with Gasteiger partial charge in [-0.25, -0.2) is 4.68 Å². The fraction of sp³-hybridized carbons (Fsp3) is 0.333. The third kappa shape index (κ3) is 3.83. The Morgan fingerprint density at radius 3 is 3.00 bits per heavy atom. The topological polar surface area (TPSA) is 59.0 Å². The Kier molecular flexibility index (Phi) is 4.22. The van der Waals surface area contributed by atoms with Gasteiger partial charge in [-0.2, -0.15) is 5.10 Å². The van der Waals surface area contributed by atoms with Crippen molar-refractivity contribution in [1.82, 2.24) is 15.1 Å². The Bertz CT molecular complexity index is 623. The van der Waals surface area contributed by atoms with E-state index in [-0.39, 0.29) is 5.91 Å². The van der Waals surface area contributed by atoms with Crippen molar-refractivity contribution in [2.75, 3.05) is 11.9 Å². The van der Waals surface area contributed by atoms with E-state index in [1.807, 2.05) is 18.3 Å². The van der Waals surface area contributed by atoms with Crippen LogP contribution in [0.15, 0.2) is 36.7 Å². The van der Waals surface area contributed by atoms with Crippen LogP contribution in [-0.2, 0) is 4.79 Å². The fourth-order valence-corrected chi connectivity index (χ4v) is 2.28. The molecule has 1 aromatic carbocycles. The van der Waals surface area contributed by atoms with Gasteiger partial charge in [0.1, 0.15) is 0 Å². The Hall–Kier alpha value is -1.85. The van der Waals surface area contributed by atoms with E-state index in [0.29, 0.717) is 29.7 Å². The molecule has 1 aliphatic carbocycles. The van der Waals surface area contributed by atoms with Gasteiger partial charge in [-0.1, -0.05) is 11.6 Å². The number of hydrogen-bond acceptors (Lipinski definition) is 3. The van der Waals surface area contributed by atoms with Gasteiger partial charge in [-0.05, 0) is 37.1 Å². The minimum Gasteiger partial charge on any atom is -0.324 e. The fourth-order valence-electron chi connectivity index (χ4n) is 2.11. The number of amides is 1. The highest BCUT2D eigenvalue weighted by atomic mass is 35.5. The Labute approximate surface area is 128 Å². The molecule has 6 heteroatoms. The molecule has 2 N–H and O–H groups in total. The minimum absolute atomic E-state index is 0.0289. The van der Waals surface area contributed by atoms with Crippen LogP contribution in [0.2, 0.25) is 5.02 Å². The zero-order valence-corrected chi connectivity index (χ0v) is 12.3. The summed E-state index contributed by atoms with van der Waals surface area (Å²) in [6.45, 7) is 0.703. The molecule has 1 heterocycles. The molecule has 0 unspecified atom stereocenters. The first kappa shape index (κ1) is 14.1. The molecule has 1 fully saturated rings. The molecule has 0 radical (unpaired) electrons. The Morgan fingerprint density at radius 1 is 1.43 bits per heavy atom. The van der Waals surface area contributed by atoms with Gasteiger partial charge >= 0.3 is 0 Å². The van der Waals surface area contributed by atoms with Crippen molar-refractivity contribution in [3.8, 4) is 5.69 Å². The van der Waals surface area contributed by atoms with E-state index in [0.717, 1.165) is 5.69 Å². The molecule has 0 spiro atoms. The molecule has 1 aliphatic rings. The molecule has 0 aliphatic heterocycles. The van der Waals surface area contributed by atoms with Gasteiger partial charge in [0.2, 0.25) is 5.91 Å². The van der Waals surface area contributed by atoms with Crippen molar-refractivity contribution < 1.29 is 4.79 Å². The molecule has 5 nitrogen and oxygen atoms in total. The number of halogens is 1. The second-order valence-electron chi connectivity index (χ2n) is 5.14. The van der Waals surface area contributed by atoms with Crippen LogP contribution < -0.4 is 10.6 Å². The number of hydrogen-bond donors (Lipinski definition) is 2. The first-order chi connectivity index (χ1) is 10.2. The minimum atomic E-state index is -0.0289. The van der Waals surface area contributed by atoms with Crippen molar-refractivity contribution in [3.05, 3.63) is 41.7 Å². The average molecular weight is 305 g/mol. The number of rotatable bonds is 6. The van der Waals surface area contributed by atoms with Crippen LogP contribution in [0.1, 0.15) is 19.3 Å². The molecule has 21 heavy (non-hydrogen) atoms. The molecule has 0 bridgehead atoms. The highest BCUT2D eigenvalue weighted by Gasteiger charge is 2.20. The Balaban J connectivity index is 1.68. The van der Waals surface area contributed by atoms with Crippen molar-refractivity contribution >= 4 is 23.2 Å². The predicted octanol–water partition coefficient (Wildman–Crippen LogP) is 2.61. The van der Waals surface area contributed by atoms with Crippen LogP contribution in [0, 0.1) is 0 Å². The van der Waals surface area contributed by atoms with Gasteiger partial charge in [-0.3, -0.25) is 4.79 Å². The van der Waals surface area contributed by atoms with Gasteiger partial charge in [-0.15, -0.1) is 0 Å². The maximum absolute atomic E-state index is 12.0. The first-order valence-electron chi connectivity index (χ1n) is 7.05. The summed E-state index contributed by atoms with van der Waals surface area (Å²) in [4.78, 5) is 12.0. The van der Waals surface area contributed by atoms with Crippen LogP contribution in [0.5, 0.6) is 0 Å². The monoisotopic (exact) mass is 304 g/mol. The molecule has 2 aromatic rings. The van der Waals surface area contributed by atoms with E-state index >= 15 is 0 Å². The van der Waals surface area contributed by atoms with Gasteiger partial charge in [0.15, 0.2) is 0 Å². The standard InChI is InChI=1S/C15H17ClN4O/c16-11-2-5-14(20-9-1-7-18-20)13(10-11)19-15(21)6-8-17-12-3-4-12/h1-2,5,7,9-10,12,17H,3-4,6,8H2,(H,19,21).